The average Bonchev–Trinajstić information content (AvgIpc) is 2.33. The third-order valence-electron chi connectivity index (χ3n) is 3.08. The van der Waals surface area contributed by atoms with Gasteiger partial charge in [-0.3, -0.25) is 0 Å². The maximum absolute atomic E-state index is 11.3. The maximum Gasteiger partial charge on any atom is 1.00 e. The van der Waals surface area contributed by atoms with Crippen LogP contribution in [0.4, 0.5) is 4.79 Å². The summed E-state index contributed by atoms with van der Waals surface area (Å²) in [5, 5.41) is 13.2. The molecule has 1 aliphatic carbocycles. The van der Waals surface area contributed by atoms with Gasteiger partial charge in [0.25, 0.3) is 0 Å². The van der Waals surface area contributed by atoms with Gasteiger partial charge < -0.3 is 20.0 Å². The molecule has 0 spiro atoms. The number of rotatable bonds is 4. The number of halogens is 3. The van der Waals surface area contributed by atoms with E-state index in [4.69, 9.17) is 39.5 Å². The molecule has 0 aliphatic heterocycles. The number of hydrogen-bond donors (Lipinski definition) is 1. The van der Waals surface area contributed by atoms with Gasteiger partial charge in [-0.05, 0) is 37.5 Å². The number of hydrogen-bond acceptors (Lipinski definition) is 4. The van der Waals surface area contributed by atoms with E-state index in [9.17, 15) is 14.7 Å². The molecule has 1 amide bonds. The Bertz CT molecular complexity index is 330. The summed E-state index contributed by atoms with van der Waals surface area (Å²) < 4.78 is 3.09. The Morgan fingerprint density at radius 2 is 1.75 bits per heavy atom. The Morgan fingerprint density at radius 1 is 1.20 bits per heavy atom. The van der Waals surface area contributed by atoms with Crippen LogP contribution in [0.1, 0.15) is 25.7 Å². The second-order valence-electron chi connectivity index (χ2n) is 4.61. The van der Waals surface area contributed by atoms with Crippen LogP contribution in [-0.2, 0) is 9.53 Å². The Balaban J connectivity index is 0.00000361. The molecule has 1 rings (SSSR count). The average molecular weight is 371 g/mol. The zero-order chi connectivity index (χ0) is 14.5. The van der Waals surface area contributed by atoms with Gasteiger partial charge in [0, 0.05) is 12.5 Å². The number of carboxylic acid groups (broad SMARTS) is 1. The van der Waals surface area contributed by atoms with Crippen LogP contribution in [0.25, 0.3) is 0 Å². The number of amides is 1. The minimum absolute atomic E-state index is 0. The van der Waals surface area contributed by atoms with E-state index in [2.05, 4.69) is 5.32 Å². The summed E-state index contributed by atoms with van der Waals surface area (Å²) in [5.74, 6) is -1.11. The summed E-state index contributed by atoms with van der Waals surface area (Å²) in [6, 6.07) is 0. The number of carbonyl (C=O) groups excluding carboxylic acids is 2. The summed E-state index contributed by atoms with van der Waals surface area (Å²) in [5.41, 5.74) is 0. The van der Waals surface area contributed by atoms with Gasteiger partial charge in [-0.1, -0.05) is 34.8 Å². The van der Waals surface area contributed by atoms with Crippen LogP contribution in [-0.4, -0.2) is 29.0 Å². The molecular formula is C11H15Cl3KNO4. The molecule has 0 aromatic heterocycles. The van der Waals surface area contributed by atoms with E-state index in [1.165, 1.54) is 0 Å². The first-order valence-electron chi connectivity index (χ1n) is 5.96. The fourth-order valence-corrected chi connectivity index (χ4v) is 2.19. The largest absolute Gasteiger partial charge is 1.00 e. The van der Waals surface area contributed by atoms with Crippen LogP contribution in [0.3, 0.4) is 0 Å². The number of nitrogens with one attached hydrogen (secondary N) is 1. The zero-order valence-electron chi connectivity index (χ0n) is 11.2. The molecule has 0 atom stereocenters. The minimum atomic E-state index is -1.62. The Labute approximate surface area is 175 Å². The first-order chi connectivity index (χ1) is 8.78. The molecular weight excluding hydrogens is 356 g/mol. The van der Waals surface area contributed by atoms with Crippen molar-refractivity contribution in [2.24, 2.45) is 11.8 Å². The summed E-state index contributed by atoms with van der Waals surface area (Å²) in [6.07, 6.45) is 2.00. The van der Waals surface area contributed by atoms with E-state index in [-0.39, 0.29) is 69.8 Å². The third kappa shape index (κ3) is 9.30. The first kappa shape index (κ1) is 21.2. The molecule has 5 nitrogen and oxygen atoms in total. The van der Waals surface area contributed by atoms with E-state index in [1.807, 2.05) is 0 Å². The van der Waals surface area contributed by atoms with E-state index in [1.54, 1.807) is 0 Å². The second kappa shape index (κ2) is 10.1. The Hall–Kier alpha value is 1.25. The second-order valence-corrected chi connectivity index (χ2v) is 7.12. The van der Waals surface area contributed by atoms with Crippen LogP contribution < -0.4 is 61.8 Å². The van der Waals surface area contributed by atoms with Gasteiger partial charge in [-0.15, -0.1) is 0 Å². The normalized spacial score (nSPS) is 22.6. The molecule has 0 bridgehead atoms. The molecule has 0 radical (unpaired) electrons. The SMILES string of the molecule is O=C(NC[C@H]1CC[C@H](C(=O)[O-])CC1)OCC(Cl)(Cl)Cl.[K+]. The number of aliphatic carboxylic acids is 1. The van der Waals surface area contributed by atoms with E-state index >= 15 is 0 Å². The number of alkyl carbamates (subject to hydrolysis) is 1. The standard InChI is InChI=1S/C11H16Cl3NO4.K/c12-11(13,14)6-19-10(18)15-5-7-1-3-8(4-2-7)9(16)17;/h7-8H,1-6H2,(H,15,18)(H,16,17);/q;+1/p-1/t7-,8-;. The molecule has 0 aromatic rings. The number of carboxylic acids is 1. The van der Waals surface area contributed by atoms with Crippen molar-refractivity contribution in [3.05, 3.63) is 0 Å². The summed E-state index contributed by atoms with van der Waals surface area (Å²) in [7, 11) is 0. The predicted octanol–water partition coefficient (Wildman–Crippen LogP) is -1.36. The predicted molar refractivity (Wildman–Crippen MR) is 70.1 cm³/mol. The van der Waals surface area contributed by atoms with Gasteiger partial charge in [0.05, 0.1) is 0 Å². The van der Waals surface area contributed by atoms with Gasteiger partial charge in [-0.25, -0.2) is 4.79 Å². The van der Waals surface area contributed by atoms with E-state index in [0.717, 1.165) is 12.8 Å². The number of carbonyl (C=O) groups is 2. The molecule has 9 heteroatoms. The van der Waals surface area contributed by atoms with Gasteiger partial charge in [0.2, 0.25) is 3.79 Å². The third-order valence-corrected chi connectivity index (χ3v) is 3.41. The molecule has 1 N–H and O–H groups in total. The van der Waals surface area contributed by atoms with Crippen molar-refractivity contribution in [2.75, 3.05) is 13.2 Å². The van der Waals surface area contributed by atoms with Gasteiger partial charge in [0.1, 0.15) is 6.61 Å². The van der Waals surface area contributed by atoms with Crippen molar-refractivity contribution in [3.63, 3.8) is 0 Å². The van der Waals surface area contributed by atoms with E-state index in [0.29, 0.717) is 19.4 Å². The molecule has 20 heavy (non-hydrogen) atoms. The fourth-order valence-electron chi connectivity index (χ4n) is 2.03. The summed E-state index contributed by atoms with van der Waals surface area (Å²) in [4.78, 5) is 22.0. The van der Waals surface area contributed by atoms with Crippen LogP contribution in [0, 0.1) is 11.8 Å². The smallest absolute Gasteiger partial charge is 0.550 e. The first-order valence-corrected chi connectivity index (χ1v) is 7.09. The van der Waals surface area contributed by atoms with E-state index < -0.39 is 15.9 Å². The van der Waals surface area contributed by atoms with Crippen LogP contribution in [0.5, 0.6) is 0 Å². The van der Waals surface area contributed by atoms with Crippen molar-refractivity contribution in [1.82, 2.24) is 5.32 Å². The van der Waals surface area contributed by atoms with Gasteiger partial charge >= 0.3 is 57.5 Å². The Morgan fingerprint density at radius 3 is 2.20 bits per heavy atom. The van der Waals surface area contributed by atoms with Crippen molar-refractivity contribution in [1.29, 1.82) is 0 Å². The molecule has 110 valence electrons. The fraction of sp³-hybridized carbons (Fsp3) is 0.818. The summed E-state index contributed by atoms with van der Waals surface area (Å²) >= 11 is 16.3. The van der Waals surface area contributed by atoms with Gasteiger partial charge in [0.15, 0.2) is 0 Å². The van der Waals surface area contributed by atoms with Crippen molar-refractivity contribution in [2.45, 2.75) is 29.5 Å². The Kier molecular flexibility index (Phi) is 10.7. The van der Waals surface area contributed by atoms with Crippen LogP contribution in [0.15, 0.2) is 0 Å². The van der Waals surface area contributed by atoms with Crippen LogP contribution >= 0.6 is 34.8 Å². The monoisotopic (exact) mass is 369 g/mol. The topological polar surface area (TPSA) is 78.5 Å². The molecule has 0 saturated heterocycles. The molecule has 0 aromatic carbocycles. The van der Waals surface area contributed by atoms with Crippen molar-refractivity contribution < 1.29 is 70.8 Å². The maximum atomic E-state index is 11.3. The molecule has 1 aliphatic rings. The van der Waals surface area contributed by atoms with Crippen molar-refractivity contribution in [3.8, 4) is 0 Å². The molecule has 1 saturated carbocycles. The summed E-state index contributed by atoms with van der Waals surface area (Å²) in [6.45, 7) is 0.110. The number of ether oxygens (including phenoxy) is 1. The zero-order valence-corrected chi connectivity index (χ0v) is 16.6. The molecule has 1 fully saturated rings. The molecule has 0 heterocycles. The quantitative estimate of drug-likeness (QED) is 0.490. The van der Waals surface area contributed by atoms with Crippen LogP contribution in [0.2, 0.25) is 0 Å². The van der Waals surface area contributed by atoms with Gasteiger partial charge in [-0.2, -0.15) is 0 Å². The van der Waals surface area contributed by atoms with Crippen molar-refractivity contribution >= 4 is 46.9 Å². The molecule has 0 unspecified atom stereocenters. The minimum Gasteiger partial charge on any atom is -0.550 e. The number of alkyl halides is 3.